The lowest BCUT2D eigenvalue weighted by Crippen LogP contribution is -2.44. The van der Waals surface area contributed by atoms with E-state index in [1.807, 2.05) is 26.8 Å². The van der Waals surface area contributed by atoms with E-state index < -0.39 is 5.41 Å². The Balaban J connectivity index is 2.80. The smallest absolute Gasteiger partial charge is 0.224 e. The number of nitrogens with one attached hydrogen (secondary N) is 2. The molecule has 0 unspecified atom stereocenters. The number of hydrogen-bond donors (Lipinski definition) is 3. The van der Waals surface area contributed by atoms with Crippen LogP contribution in [0.25, 0.3) is 0 Å². The number of hydrogen-bond acceptors (Lipinski definition) is 2. The molecule has 0 radical (unpaired) electrons. The van der Waals surface area contributed by atoms with Gasteiger partial charge in [0, 0.05) is 18.5 Å². The number of benzene rings is 1. The molecule has 0 atom stereocenters. The summed E-state index contributed by atoms with van der Waals surface area (Å²) in [6.07, 6.45) is 0. The number of guanidine groups is 1. The van der Waals surface area contributed by atoms with Gasteiger partial charge in [-0.3, -0.25) is 9.79 Å². The Kier molecular flexibility index (Phi) is 6.75. The van der Waals surface area contributed by atoms with E-state index in [0.717, 1.165) is 5.56 Å². The Morgan fingerprint density at radius 3 is 2.46 bits per heavy atom. The molecule has 6 heteroatoms. The third kappa shape index (κ3) is 5.83. The van der Waals surface area contributed by atoms with Crippen LogP contribution < -0.4 is 16.4 Å². The van der Waals surface area contributed by atoms with Crippen LogP contribution in [0.5, 0.6) is 0 Å². The maximum absolute atomic E-state index is 13.4. The number of carbonyl (C=O) groups excluding carboxylic acids is 1. The second kappa shape index (κ2) is 8.13. The van der Waals surface area contributed by atoms with Gasteiger partial charge in [-0.1, -0.05) is 26.0 Å². The van der Waals surface area contributed by atoms with E-state index in [1.165, 1.54) is 6.07 Å². The molecule has 5 nitrogen and oxygen atoms in total. The van der Waals surface area contributed by atoms with Crippen LogP contribution in [0, 0.1) is 11.2 Å². The molecular formula is C18H29FN4O. The zero-order valence-corrected chi connectivity index (χ0v) is 15.2. The number of nitrogens with zero attached hydrogens (tertiary/aromatic N) is 1. The van der Waals surface area contributed by atoms with Crippen molar-refractivity contribution in [3.8, 4) is 0 Å². The molecule has 0 heterocycles. The number of aliphatic imine (C=N–C) groups is 1. The normalized spacial score (nSPS) is 12.8. The van der Waals surface area contributed by atoms with E-state index in [4.69, 9.17) is 5.73 Å². The Morgan fingerprint density at radius 1 is 1.25 bits per heavy atom. The minimum atomic E-state index is -0.708. The van der Waals surface area contributed by atoms with Crippen molar-refractivity contribution in [3.05, 3.63) is 35.6 Å². The average molecular weight is 336 g/mol. The summed E-state index contributed by atoms with van der Waals surface area (Å²) in [6, 6.07) is 6.60. The van der Waals surface area contributed by atoms with Gasteiger partial charge in [0.05, 0.1) is 12.0 Å². The van der Waals surface area contributed by atoms with Crippen molar-refractivity contribution in [1.82, 2.24) is 10.6 Å². The number of nitrogens with two attached hydrogens (primary N) is 1. The summed E-state index contributed by atoms with van der Waals surface area (Å²) in [7, 11) is 0. The van der Waals surface area contributed by atoms with Gasteiger partial charge in [-0.25, -0.2) is 4.39 Å². The summed E-state index contributed by atoms with van der Waals surface area (Å²) in [5, 5.41) is 6.40. The summed E-state index contributed by atoms with van der Waals surface area (Å²) in [5.41, 5.74) is 5.30. The number of halogens is 1. The van der Waals surface area contributed by atoms with Gasteiger partial charge in [0.25, 0.3) is 0 Å². The predicted molar refractivity (Wildman–Crippen MR) is 96.4 cm³/mol. The Bertz CT molecular complexity index is 596. The summed E-state index contributed by atoms with van der Waals surface area (Å²) in [6.45, 7) is 11.1. The fraction of sp³-hybridized carbons (Fsp3) is 0.556. The largest absolute Gasteiger partial charge is 0.369 e. The first kappa shape index (κ1) is 19.9. The molecule has 0 aliphatic heterocycles. The van der Waals surface area contributed by atoms with Gasteiger partial charge < -0.3 is 16.4 Å². The molecule has 0 spiro atoms. The molecule has 0 fully saturated rings. The molecule has 0 aliphatic carbocycles. The molecule has 0 aliphatic rings. The molecule has 1 aromatic carbocycles. The lowest BCUT2D eigenvalue weighted by molar-refractivity contribution is -0.125. The molecule has 1 amide bonds. The number of amides is 1. The summed E-state index contributed by atoms with van der Waals surface area (Å²) < 4.78 is 13.4. The number of carbonyl (C=O) groups is 1. The van der Waals surface area contributed by atoms with Crippen LogP contribution in [-0.2, 0) is 10.2 Å². The van der Waals surface area contributed by atoms with E-state index in [0.29, 0.717) is 19.0 Å². The molecule has 134 valence electrons. The van der Waals surface area contributed by atoms with Crippen molar-refractivity contribution in [2.24, 2.45) is 16.1 Å². The lowest BCUT2D eigenvalue weighted by Gasteiger charge is -2.27. The minimum absolute atomic E-state index is 0.246. The Hall–Kier alpha value is -2.11. The van der Waals surface area contributed by atoms with Gasteiger partial charge in [-0.2, -0.15) is 0 Å². The third-order valence-corrected chi connectivity index (χ3v) is 3.95. The van der Waals surface area contributed by atoms with Gasteiger partial charge in [0.2, 0.25) is 5.91 Å². The molecule has 24 heavy (non-hydrogen) atoms. The van der Waals surface area contributed by atoms with Gasteiger partial charge >= 0.3 is 0 Å². The average Bonchev–Trinajstić information content (AvgIpc) is 2.50. The highest BCUT2D eigenvalue weighted by Crippen LogP contribution is 2.22. The summed E-state index contributed by atoms with van der Waals surface area (Å²) in [5.74, 6) is -0.0251. The molecule has 0 saturated carbocycles. The van der Waals surface area contributed by atoms with Crippen LogP contribution in [0.15, 0.2) is 29.3 Å². The number of primary amides is 1. The maximum Gasteiger partial charge on any atom is 0.224 e. The van der Waals surface area contributed by atoms with Gasteiger partial charge in [0.1, 0.15) is 5.82 Å². The van der Waals surface area contributed by atoms with Crippen LogP contribution in [-0.4, -0.2) is 31.5 Å². The minimum Gasteiger partial charge on any atom is -0.369 e. The van der Waals surface area contributed by atoms with Crippen LogP contribution in [0.3, 0.4) is 0 Å². The first-order chi connectivity index (χ1) is 11.1. The van der Waals surface area contributed by atoms with Crippen molar-refractivity contribution >= 4 is 11.9 Å². The topological polar surface area (TPSA) is 79.5 Å². The van der Waals surface area contributed by atoms with Crippen LogP contribution in [0.2, 0.25) is 0 Å². The van der Waals surface area contributed by atoms with E-state index in [-0.39, 0.29) is 23.7 Å². The monoisotopic (exact) mass is 336 g/mol. The quantitative estimate of drug-likeness (QED) is 0.527. The fourth-order valence-corrected chi connectivity index (χ4v) is 2.01. The fourth-order valence-electron chi connectivity index (χ4n) is 2.01. The predicted octanol–water partition coefficient (Wildman–Crippen LogP) is 2.17. The SMILES string of the molecule is CCNC(=NCC(C)(C)C(N)=O)NCC(C)(C)c1cccc(F)c1. The van der Waals surface area contributed by atoms with Gasteiger partial charge in [0.15, 0.2) is 5.96 Å². The van der Waals surface area contributed by atoms with Crippen LogP contribution in [0.4, 0.5) is 4.39 Å². The van der Waals surface area contributed by atoms with Crippen molar-refractivity contribution in [2.45, 2.75) is 40.0 Å². The standard InChI is InChI=1S/C18H29FN4O/c1-6-21-16(23-12-18(4,5)15(20)24)22-11-17(2,3)13-8-7-9-14(19)10-13/h7-10H,6,11-12H2,1-5H3,(H2,20,24)(H2,21,22,23). The highest BCUT2D eigenvalue weighted by molar-refractivity contribution is 5.82. The first-order valence-electron chi connectivity index (χ1n) is 8.16. The van der Waals surface area contributed by atoms with Crippen molar-refractivity contribution in [3.63, 3.8) is 0 Å². The van der Waals surface area contributed by atoms with Gasteiger partial charge in [-0.05, 0) is 38.5 Å². The van der Waals surface area contributed by atoms with Crippen LogP contribution in [0.1, 0.15) is 40.2 Å². The summed E-state index contributed by atoms with van der Waals surface area (Å²) in [4.78, 5) is 15.8. The summed E-state index contributed by atoms with van der Waals surface area (Å²) >= 11 is 0. The molecule has 1 rings (SSSR count). The molecule has 1 aromatic rings. The van der Waals surface area contributed by atoms with Crippen molar-refractivity contribution in [1.29, 1.82) is 0 Å². The second-order valence-electron chi connectivity index (χ2n) is 7.19. The lowest BCUT2D eigenvalue weighted by atomic mass is 9.84. The Labute approximate surface area is 143 Å². The molecule has 0 saturated heterocycles. The van der Waals surface area contributed by atoms with Gasteiger partial charge in [-0.15, -0.1) is 0 Å². The highest BCUT2D eigenvalue weighted by Gasteiger charge is 2.25. The first-order valence-corrected chi connectivity index (χ1v) is 8.16. The van der Waals surface area contributed by atoms with E-state index in [2.05, 4.69) is 15.6 Å². The van der Waals surface area contributed by atoms with E-state index in [9.17, 15) is 9.18 Å². The number of rotatable bonds is 7. The molecule has 4 N–H and O–H groups in total. The molecular weight excluding hydrogens is 307 g/mol. The Morgan fingerprint density at radius 2 is 1.92 bits per heavy atom. The van der Waals surface area contributed by atoms with Crippen molar-refractivity contribution in [2.75, 3.05) is 19.6 Å². The highest BCUT2D eigenvalue weighted by atomic mass is 19.1. The van der Waals surface area contributed by atoms with E-state index >= 15 is 0 Å². The van der Waals surface area contributed by atoms with Crippen LogP contribution >= 0.6 is 0 Å². The van der Waals surface area contributed by atoms with Crippen molar-refractivity contribution < 1.29 is 9.18 Å². The molecule has 0 aromatic heterocycles. The third-order valence-electron chi connectivity index (χ3n) is 3.95. The zero-order valence-electron chi connectivity index (χ0n) is 15.2. The second-order valence-corrected chi connectivity index (χ2v) is 7.19. The zero-order chi connectivity index (χ0) is 18.4. The molecule has 0 bridgehead atoms. The maximum atomic E-state index is 13.4. The van der Waals surface area contributed by atoms with E-state index in [1.54, 1.807) is 26.0 Å².